The maximum Gasteiger partial charge on any atom is 0.264 e. The number of nitrogens with zero attached hydrogens (tertiary/aromatic N) is 2. The van der Waals surface area contributed by atoms with E-state index in [0.29, 0.717) is 12.2 Å². The standard InChI is InChI=1S/C28H33N3O3S/c1-22-16-23(2)18-26(17-22)31(35(33,34)27-12-4-3-5-13-27)21-28(32)29-19-24-10-6-7-11-25(24)20-30-14-8-9-15-30/h3-7,10-13,16-18H,8-9,14-15,19-21H2,1-2H3,(H,29,32). The molecule has 7 heteroatoms. The summed E-state index contributed by atoms with van der Waals surface area (Å²) < 4.78 is 28.3. The van der Waals surface area contributed by atoms with Gasteiger partial charge in [0, 0.05) is 13.1 Å². The average Bonchev–Trinajstić information content (AvgIpc) is 3.35. The summed E-state index contributed by atoms with van der Waals surface area (Å²) in [6.45, 7) is 6.96. The predicted octanol–water partition coefficient (Wildman–Crippen LogP) is 4.41. The van der Waals surface area contributed by atoms with Crippen LogP contribution < -0.4 is 9.62 Å². The van der Waals surface area contributed by atoms with Gasteiger partial charge in [-0.15, -0.1) is 0 Å². The van der Waals surface area contributed by atoms with E-state index in [1.165, 1.54) is 22.7 Å². The van der Waals surface area contributed by atoms with Crippen molar-refractivity contribution >= 4 is 21.6 Å². The van der Waals surface area contributed by atoms with Crippen LogP contribution >= 0.6 is 0 Å². The number of carbonyl (C=O) groups excluding carboxylic acids is 1. The van der Waals surface area contributed by atoms with E-state index in [1.54, 1.807) is 42.5 Å². The summed E-state index contributed by atoms with van der Waals surface area (Å²) in [5.41, 5.74) is 4.60. The number of sulfonamides is 1. The van der Waals surface area contributed by atoms with E-state index in [0.717, 1.165) is 36.3 Å². The van der Waals surface area contributed by atoms with Gasteiger partial charge in [-0.3, -0.25) is 14.0 Å². The van der Waals surface area contributed by atoms with Crippen molar-refractivity contribution in [2.75, 3.05) is 23.9 Å². The fourth-order valence-corrected chi connectivity index (χ4v) is 6.00. The van der Waals surface area contributed by atoms with Crippen molar-refractivity contribution in [3.63, 3.8) is 0 Å². The van der Waals surface area contributed by atoms with Crippen LogP contribution in [0, 0.1) is 13.8 Å². The van der Waals surface area contributed by atoms with Crippen LogP contribution in [0.15, 0.2) is 77.7 Å². The van der Waals surface area contributed by atoms with Gasteiger partial charge in [-0.25, -0.2) is 8.42 Å². The quantitative estimate of drug-likeness (QED) is 0.481. The lowest BCUT2D eigenvalue weighted by Gasteiger charge is -2.25. The normalized spacial score (nSPS) is 14.1. The number of benzene rings is 3. The first-order valence-electron chi connectivity index (χ1n) is 12.0. The Kier molecular flexibility index (Phi) is 7.88. The fourth-order valence-electron chi connectivity index (χ4n) is 4.58. The van der Waals surface area contributed by atoms with Crippen molar-refractivity contribution in [3.05, 3.63) is 95.1 Å². The Balaban J connectivity index is 1.53. The highest BCUT2D eigenvalue weighted by Crippen LogP contribution is 2.26. The molecule has 1 aliphatic heterocycles. The summed E-state index contributed by atoms with van der Waals surface area (Å²) in [7, 11) is -3.92. The lowest BCUT2D eigenvalue weighted by molar-refractivity contribution is -0.119. The van der Waals surface area contributed by atoms with Gasteiger partial charge in [0.25, 0.3) is 10.0 Å². The second-order valence-corrected chi connectivity index (χ2v) is 11.1. The third-order valence-corrected chi connectivity index (χ3v) is 8.09. The van der Waals surface area contributed by atoms with E-state index in [4.69, 9.17) is 0 Å². The molecule has 4 rings (SSSR count). The molecule has 0 aliphatic carbocycles. The van der Waals surface area contributed by atoms with Crippen LogP contribution in [-0.2, 0) is 27.9 Å². The molecule has 1 N–H and O–H groups in total. The summed E-state index contributed by atoms with van der Waals surface area (Å²) in [5, 5.41) is 2.95. The molecule has 3 aromatic rings. The Bertz CT molecular complexity index is 1250. The topological polar surface area (TPSA) is 69.7 Å². The van der Waals surface area contributed by atoms with Gasteiger partial charge in [0.1, 0.15) is 6.54 Å². The summed E-state index contributed by atoms with van der Waals surface area (Å²) in [5.74, 6) is -0.348. The van der Waals surface area contributed by atoms with Gasteiger partial charge >= 0.3 is 0 Å². The van der Waals surface area contributed by atoms with Crippen LogP contribution in [0.25, 0.3) is 0 Å². The number of nitrogens with one attached hydrogen (secondary N) is 1. The molecule has 0 radical (unpaired) electrons. The van der Waals surface area contributed by atoms with Crippen molar-refractivity contribution < 1.29 is 13.2 Å². The molecule has 35 heavy (non-hydrogen) atoms. The molecule has 1 amide bonds. The molecule has 1 fully saturated rings. The fraction of sp³-hybridized carbons (Fsp3) is 0.321. The summed E-state index contributed by atoms with van der Waals surface area (Å²) >= 11 is 0. The van der Waals surface area contributed by atoms with Gasteiger partial charge in [-0.1, -0.05) is 48.5 Å². The lowest BCUT2D eigenvalue weighted by atomic mass is 10.1. The zero-order valence-corrected chi connectivity index (χ0v) is 21.2. The predicted molar refractivity (Wildman–Crippen MR) is 140 cm³/mol. The average molecular weight is 492 g/mol. The van der Waals surface area contributed by atoms with Gasteiger partial charge < -0.3 is 5.32 Å². The molecular formula is C28H33N3O3S. The molecule has 6 nitrogen and oxygen atoms in total. The molecule has 0 saturated carbocycles. The maximum absolute atomic E-state index is 13.6. The molecule has 0 bridgehead atoms. The SMILES string of the molecule is Cc1cc(C)cc(N(CC(=O)NCc2ccccc2CN2CCCC2)S(=O)(=O)c2ccccc2)c1. The largest absolute Gasteiger partial charge is 0.350 e. The third kappa shape index (κ3) is 6.29. The Morgan fingerprint density at radius 1 is 0.886 bits per heavy atom. The minimum atomic E-state index is -3.92. The lowest BCUT2D eigenvalue weighted by Crippen LogP contribution is -2.40. The summed E-state index contributed by atoms with van der Waals surface area (Å²) in [4.78, 5) is 15.7. The van der Waals surface area contributed by atoms with Crippen molar-refractivity contribution in [1.29, 1.82) is 0 Å². The Hall–Kier alpha value is -3.16. The van der Waals surface area contributed by atoms with Gasteiger partial charge in [0.2, 0.25) is 5.91 Å². The van der Waals surface area contributed by atoms with E-state index in [-0.39, 0.29) is 17.3 Å². The summed E-state index contributed by atoms with van der Waals surface area (Å²) in [6.07, 6.45) is 2.45. The van der Waals surface area contributed by atoms with E-state index >= 15 is 0 Å². The first-order chi connectivity index (χ1) is 16.8. The van der Waals surface area contributed by atoms with Crippen molar-refractivity contribution in [2.24, 2.45) is 0 Å². The molecule has 0 spiro atoms. The molecule has 1 heterocycles. The monoisotopic (exact) mass is 491 g/mol. The second-order valence-electron chi connectivity index (χ2n) is 9.20. The van der Waals surface area contributed by atoms with Gasteiger partial charge in [0.05, 0.1) is 10.6 Å². The molecule has 3 aromatic carbocycles. The molecule has 1 saturated heterocycles. The van der Waals surface area contributed by atoms with Crippen LogP contribution in [0.3, 0.4) is 0 Å². The number of rotatable bonds is 9. The maximum atomic E-state index is 13.6. The van der Waals surface area contributed by atoms with Crippen LogP contribution in [0.1, 0.15) is 35.1 Å². The molecule has 184 valence electrons. The smallest absolute Gasteiger partial charge is 0.264 e. The van der Waals surface area contributed by atoms with E-state index in [2.05, 4.69) is 16.3 Å². The van der Waals surface area contributed by atoms with Gasteiger partial charge in [-0.2, -0.15) is 0 Å². The molecule has 0 unspecified atom stereocenters. The molecule has 1 aliphatic rings. The zero-order chi connectivity index (χ0) is 24.8. The number of anilines is 1. The number of likely N-dealkylation sites (tertiary alicyclic amines) is 1. The number of amides is 1. The van der Waals surface area contributed by atoms with Gasteiger partial charge in [0.15, 0.2) is 0 Å². The number of aryl methyl sites for hydroxylation is 2. The highest BCUT2D eigenvalue weighted by atomic mass is 32.2. The minimum Gasteiger partial charge on any atom is -0.350 e. The van der Waals surface area contributed by atoms with Crippen molar-refractivity contribution in [1.82, 2.24) is 10.2 Å². The minimum absolute atomic E-state index is 0.155. The first-order valence-corrected chi connectivity index (χ1v) is 13.5. The van der Waals surface area contributed by atoms with Crippen molar-refractivity contribution in [2.45, 2.75) is 44.7 Å². The summed E-state index contributed by atoms with van der Waals surface area (Å²) in [6, 6.07) is 21.9. The highest BCUT2D eigenvalue weighted by Gasteiger charge is 2.27. The van der Waals surface area contributed by atoms with Crippen LogP contribution in [0.4, 0.5) is 5.69 Å². The Labute approximate surface area is 208 Å². The number of hydrogen-bond donors (Lipinski definition) is 1. The number of carbonyl (C=O) groups is 1. The van der Waals surface area contributed by atoms with E-state index in [1.807, 2.05) is 38.1 Å². The third-order valence-electron chi connectivity index (χ3n) is 6.30. The van der Waals surface area contributed by atoms with Crippen molar-refractivity contribution in [3.8, 4) is 0 Å². The van der Waals surface area contributed by atoms with E-state index in [9.17, 15) is 13.2 Å². The number of hydrogen-bond acceptors (Lipinski definition) is 4. The van der Waals surface area contributed by atoms with E-state index < -0.39 is 10.0 Å². The molecule has 0 aromatic heterocycles. The highest BCUT2D eigenvalue weighted by molar-refractivity contribution is 7.92. The second kappa shape index (κ2) is 11.1. The Morgan fingerprint density at radius 3 is 2.14 bits per heavy atom. The first kappa shape index (κ1) is 24.9. The zero-order valence-electron chi connectivity index (χ0n) is 20.4. The van der Waals surface area contributed by atoms with Crippen LogP contribution in [-0.4, -0.2) is 38.9 Å². The van der Waals surface area contributed by atoms with Crippen LogP contribution in [0.5, 0.6) is 0 Å². The Morgan fingerprint density at radius 2 is 1.49 bits per heavy atom. The molecule has 0 atom stereocenters. The van der Waals surface area contributed by atoms with Crippen LogP contribution in [0.2, 0.25) is 0 Å². The molecular weight excluding hydrogens is 458 g/mol. The van der Waals surface area contributed by atoms with Gasteiger partial charge in [-0.05, 0) is 86.3 Å².